The van der Waals surface area contributed by atoms with Crippen molar-refractivity contribution >= 4 is 11.6 Å². The van der Waals surface area contributed by atoms with Gasteiger partial charge in [0, 0.05) is 5.88 Å². The maximum absolute atomic E-state index is 12.9. The number of alkyl halides is 3. The number of halogens is 4. The standard InChI is InChI=1S/C8H6ClF3O/c9-4-5-1-2-7(6(10)3-5)13-8(11)12/h1-3,8H,4H2. The van der Waals surface area contributed by atoms with Gasteiger partial charge in [0.2, 0.25) is 0 Å². The van der Waals surface area contributed by atoms with Gasteiger partial charge in [0.25, 0.3) is 0 Å². The smallest absolute Gasteiger partial charge is 0.387 e. The summed E-state index contributed by atoms with van der Waals surface area (Å²) in [4.78, 5) is 0. The average molecular weight is 211 g/mol. The second-order valence-electron chi connectivity index (χ2n) is 2.28. The third-order valence-electron chi connectivity index (χ3n) is 1.37. The van der Waals surface area contributed by atoms with Crippen molar-refractivity contribution in [3.63, 3.8) is 0 Å². The van der Waals surface area contributed by atoms with Crippen LogP contribution in [-0.4, -0.2) is 6.61 Å². The highest BCUT2D eigenvalue weighted by Gasteiger charge is 2.09. The second-order valence-corrected chi connectivity index (χ2v) is 2.54. The molecular weight excluding hydrogens is 205 g/mol. The molecule has 5 heteroatoms. The summed E-state index contributed by atoms with van der Waals surface area (Å²) in [7, 11) is 0. The third kappa shape index (κ3) is 2.81. The molecule has 1 nitrogen and oxygen atoms in total. The molecule has 0 amide bonds. The van der Waals surface area contributed by atoms with Crippen LogP contribution >= 0.6 is 11.6 Å². The van der Waals surface area contributed by atoms with Crippen molar-refractivity contribution in [1.29, 1.82) is 0 Å². The maximum Gasteiger partial charge on any atom is 0.387 e. The van der Waals surface area contributed by atoms with Gasteiger partial charge in [0.1, 0.15) is 0 Å². The molecule has 72 valence electrons. The highest BCUT2D eigenvalue weighted by molar-refractivity contribution is 6.17. The molecule has 1 aromatic rings. The first-order valence-electron chi connectivity index (χ1n) is 3.42. The van der Waals surface area contributed by atoms with E-state index in [-0.39, 0.29) is 5.88 Å². The summed E-state index contributed by atoms with van der Waals surface area (Å²) in [6.07, 6.45) is 0. The van der Waals surface area contributed by atoms with Crippen molar-refractivity contribution in [3.8, 4) is 5.75 Å². The molecule has 0 unspecified atom stereocenters. The Balaban J connectivity index is 2.85. The van der Waals surface area contributed by atoms with Crippen molar-refractivity contribution in [2.45, 2.75) is 12.5 Å². The largest absolute Gasteiger partial charge is 0.432 e. The lowest BCUT2D eigenvalue weighted by Gasteiger charge is -2.05. The van der Waals surface area contributed by atoms with E-state index in [9.17, 15) is 13.2 Å². The molecule has 1 aromatic carbocycles. The van der Waals surface area contributed by atoms with E-state index in [1.54, 1.807) is 0 Å². The van der Waals surface area contributed by atoms with Crippen molar-refractivity contribution in [1.82, 2.24) is 0 Å². The van der Waals surface area contributed by atoms with Gasteiger partial charge in [-0.15, -0.1) is 11.6 Å². The quantitative estimate of drug-likeness (QED) is 0.697. The SMILES string of the molecule is Fc1cc(CCl)ccc1OC(F)F. The Morgan fingerprint density at radius 1 is 1.38 bits per heavy atom. The Morgan fingerprint density at radius 3 is 2.54 bits per heavy atom. The van der Waals surface area contributed by atoms with Crippen LogP contribution in [0.25, 0.3) is 0 Å². The van der Waals surface area contributed by atoms with Crippen LogP contribution in [0.15, 0.2) is 18.2 Å². The van der Waals surface area contributed by atoms with Crippen molar-refractivity contribution in [2.24, 2.45) is 0 Å². The van der Waals surface area contributed by atoms with Crippen LogP contribution in [-0.2, 0) is 5.88 Å². The maximum atomic E-state index is 12.9. The van der Waals surface area contributed by atoms with Gasteiger partial charge in [-0.1, -0.05) is 6.07 Å². The number of benzene rings is 1. The Kier molecular flexibility index (Phi) is 3.42. The minimum Gasteiger partial charge on any atom is -0.432 e. The molecule has 0 heterocycles. The Bertz CT molecular complexity index is 291. The zero-order chi connectivity index (χ0) is 9.84. The van der Waals surface area contributed by atoms with Gasteiger partial charge in [-0.2, -0.15) is 8.78 Å². The molecule has 13 heavy (non-hydrogen) atoms. The van der Waals surface area contributed by atoms with E-state index in [0.717, 1.165) is 12.1 Å². The first kappa shape index (κ1) is 10.2. The summed E-state index contributed by atoms with van der Waals surface area (Å²) in [5.74, 6) is -1.17. The molecule has 0 radical (unpaired) electrons. The molecule has 0 N–H and O–H groups in total. The fourth-order valence-electron chi connectivity index (χ4n) is 0.819. The van der Waals surface area contributed by atoms with E-state index in [2.05, 4.69) is 4.74 Å². The molecule has 0 aliphatic carbocycles. The van der Waals surface area contributed by atoms with Gasteiger partial charge >= 0.3 is 6.61 Å². The van der Waals surface area contributed by atoms with Crippen molar-refractivity contribution in [3.05, 3.63) is 29.6 Å². The van der Waals surface area contributed by atoms with Gasteiger partial charge in [-0.05, 0) is 17.7 Å². The lowest BCUT2D eigenvalue weighted by Crippen LogP contribution is -2.03. The summed E-state index contributed by atoms with van der Waals surface area (Å²) >= 11 is 5.40. The fourth-order valence-corrected chi connectivity index (χ4v) is 0.985. The summed E-state index contributed by atoms with van der Waals surface area (Å²) < 4.78 is 40.1. The van der Waals surface area contributed by atoms with Crippen LogP contribution in [0.2, 0.25) is 0 Å². The lowest BCUT2D eigenvalue weighted by atomic mass is 10.2. The van der Waals surface area contributed by atoms with E-state index in [1.807, 2.05) is 0 Å². The molecule has 0 fully saturated rings. The van der Waals surface area contributed by atoms with Crippen LogP contribution in [0, 0.1) is 5.82 Å². The van der Waals surface area contributed by atoms with Gasteiger partial charge < -0.3 is 4.74 Å². The molecule has 0 bridgehead atoms. The van der Waals surface area contributed by atoms with Gasteiger partial charge in [-0.25, -0.2) is 4.39 Å². The van der Waals surface area contributed by atoms with Crippen LogP contribution in [0.1, 0.15) is 5.56 Å². The number of hydrogen-bond acceptors (Lipinski definition) is 1. The Morgan fingerprint density at radius 2 is 2.08 bits per heavy atom. The summed E-state index contributed by atoms with van der Waals surface area (Å²) in [5, 5.41) is 0. The van der Waals surface area contributed by atoms with E-state index >= 15 is 0 Å². The van der Waals surface area contributed by atoms with Gasteiger partial charge in [-0.3, -0.25) is 0 Å². The van der Waals surface area contributed by atoms with E-state index < -0.39 is 18.2 Å². The van der Waals surface area contributed by atoms with Gasteiger partial charge in [0.05, 0.1) is 0 Å². The second kappa shape index (κ2) is 4.37. The van der Waals surface area contributed by atoms with E-state index in [1.165, 1.54) is 6.07 Å². The number of hydrogen-bond donors (Lipinski definition) is 0. The van der Waals surface area contributed by atoms with Crippen LogP contribution in [0.4, 0.5) is 13.2 Å². The predicted molar refractivity (Wildman–Crippen MR) is 42.6 cm³/mol. The molecule has 0 aliphatic heterocycles. The van der Waals surface area contributed by atoms with Crippen LogP contribution in [0.5, 0.6) is 5.75 Å². The zero-order valence-corrected chi connectivity index (χ0v) is 7.19. The van der Waals surface area contributed by atoms with Crippen molar-refractivity contribution in [2.75, 3.05) is 0 Å². The molecular formula is C8H6ClF3O. The highest BCUT2D eigenvalue weighted by atomic mass is 35.5. The average Bonchev–Trinajstić information content (AvgIpc) is 2.08. The lowest BCUT2D eigenvalue weighted by molar-refractivity contribution is -0.0522. The molecule has 0 aromatic heterocycles. The van der Waals surface area contributed by atoms with E-state index in [0.29, 0.717) is 5.56 Å². The van der Waals surface area contributed by atoms with Crippen LogP contribution in [0.3, 0.4) is 0 Å². The fraction of sp³-hybridized carbons (Fsp3) is 0.250. The summed E-state index contributed by atoms with van der Waals surface area (Å²) in [6.45, 7) is -3.02. The first-order chi connectivity index (χ1) is 6.13. The Hall–Kier alpha value is -0.900. The highest BCUT2D eigenvalue weighted by Crippen LogP contribution is 2.20. The normalized spacial score (nSPS) is 10.5. The summed E-state index contributed by atoms with van der Waals surface area (Å²) in [5.41, 5.74) is 0.515. The predicted octanol–water partition coefficient (Wildman–Crippen LogP) is 3.17. The Labute approximate surface area is 78.1 Å². The molecule has 0 spiro atoms. The van der Waals surface area contributed by atoms with Gasteiger partial charge in [0.15, 0.2) is 11.6 Å². The van der Waals surface area contributed by atoms with E-state index in [4.69, 9.17) is 11.6 Å². The van der Waals surface area contributed by atoms with Crippen molar-refractivity contribution < 1.29 is 17.9 Å². The number of rotatable bonds is 3. The molecule has 0 saturated carbocycles. The molecule has 0 atom stereocenters. The molecule has 0 saturated heterocycles. The third-order valence-corrected chi connectivity index (χ3v) is 1.68. The first-order valence-corrected chi connectivity index (χ1v) is 3.96. The molecule has 1 rings (SSSR count). The molecule has 0 aliphatic rings. The minimum atomic E-state index is -3.02. The number of ether oxygens (including phenoxy) is 1. The summed E-state index contributed by atoms with van der Waals surface area (Å²) in [6, 6.07) is 3.61. The monoisotopic (exact) mass is 210 g/mol. The topological polar surface area (TPSA) is 9.23 Å². The van der Waals surface area contributed by atoms with Crippen LogP contribution < -0.4 is 4.74 Å². The zero-order valence-electron chi connectivity index (χ0n) is 6.44. The minimum absolute atomic E-state index is 0.131.